The van der Waals surface area contributed by atoms with Crippen molar-refractivity contribution < 1.29 is 14.2 Å². The molecule has 0 amide bonds. The second kappa shape index (κ2) is 3.47. The molecule has 1 aromatic carbocycles. The highest BCUT2D eigenvalue weighted by Gasteiger charge is 2.43. The fourth-order valence-electron chi connectivity index (χ4n) is 2.03. The van der Waals surface area contributed by atoms with Crippen LogP contribution in [0.5, 0.6) is 5.75 Å². The lowest BCUT2D eigenvalue weighted by molar-refractivity contribution is -0.0549. The fourth-order valence-corrected chi connectivity index (χ4v) is 2.03. The zero-order valence-electron chi connectivity index (χ0n) is 8.53. The molecule has 0 saturated heterocycles. The highest BCUT2D eigenvalue weighted by Crippen LogP contribution is 2.41. The van der Waals surface area contributed by atoms with Gasteiger partial charge in [0.15, 0.2) is 0 Å². The van der Waals surface area contributed by atoms with Crippen LogP contribution in [0.4, 0.5) is 4.39 Å². The maximum Gasteiger partial charge on any atom is 0.132 e. The van der Waals surface area contributed by atoms with E-state index in [-0.39, 0.29) is 6.04 Å². The maximum atomic E-state index is 13.6. The molecule has 1 aliphatic carbocycles. The minimum absolute atomic E-state index is 0.0310. The quantitative estimate of drug-likeness (QED) is 0.771. The van der Waals surface area contributed by atoms with Crippen molar-refractivity contribution in [2.75, 3.05) is 7.11 Å². The first-order chi connectivity index (χ1) is 7.05. The molecule has 1 aromatic rings. The van der Waals surface area contributed by atoms with E-state index in [2.05, 4.69) is 0 Å². The van der Waals surface area contributed by atoms with Crippen LogP contribution in [0.1, 0.15) is 18.4 Å². The monoisotopic (exact) mass is 211 g/mol. The van der Waals surface area contributed by atoms with Crippen LogP contribution in [-0.2, 0) is 5.60 Å². The van der Waals surface area contributed by atoms with Crippen LogP contribution < -0.4 is 10.5 Å². The lowest BCUT2D eigenvalue weighted by Crippen LogP contribution is -2.49. The van der Waals surface area contributed by atoms with Gasteiger partial charge in [-0.2, -0.15) is 0 Å². The summed E-state index contributed by atoms with van der Waals surface area (Å²) >= 11 is 0. The predicted molar refractivity (Wildman–Crippen MR) is 54.1 cm³/mol. The molecule has 0 heterocycles. The Balaban J connectivity index is 2.29. The standard InChI is InChI=1S/C11H14FNO2/c1-15-8-2-3-9(10(12)4-8)11(14)5-7(13)6-11/h2-4,7,14H,5-6,13H2,1H3. The number of hydrogen-bond acceptors (Lipinski definition) is 3. The summed E-state index contributed by atoms with van der Waals surface area (Å²) in [7, 11) is 1.47. The van der Waals surface area contributed by atoms with Crippen molar-refractivity contribution in [1.82, 2.24) is 0 Å². The Labute approximate surface area is 87.7 Å². The van der Waals surface area contributed by atoms with Crippen molar-refractivity contribution in [3.05, 3.63) is 29.6 Å². The zero-order valence-corrected chi connectivity index (χ0v) is 8.53. The number of aliphatic hydroxyl groups is 1. The van der Waals surface area contributed by atoms with Crippen molar-refractivity contribution >= 4 is 0 Å². The largest absolute Gasteiger partial charge is 0.497 e. The Morgan fingerprint density at radius 2 is 2.20 bits per heavy atom. The first-order valence-corrected chi connectivity index (χ1v) is 4.87. The topological polar surface area (TPSA) is 55.5 Å². The number of halogens is 1. The SMILES string of the molecule is COc1ccc(C2(O)CC(N)C2)c(F)c1. The van der Waals surface area contributed by atoms with Gasteiger partial charge in [0.2, 0.25) is 0 Å². The van der Waals surface area contributed by atoms with E-state index in [1.807, 2.05) is 0 Å². The number of rotatable bonds is 2. The van der Waals surface area contributed by atoms with Crippen molar-refractivity contribution in [2.24, 2.45) is 5.73 Å². The molecule has 0 unspecified atom stereocenters. The summed E-state index contributed by atoms with van der Waals surface area (Å²) in [6.45, 7) is 0. The van der Waals surface area contributed by atoms with Crippen LogP contribution in [-0.4, -0.2) is 18.3 Å². The molecule has 3 nitrogen and oxygen atoms in total. The second-order valence-electron chi connectivity index (χ2n) is 4.05. The van der Waals surface area contributed by atoms with Gasteiger partial charge in [0, 0.05) is 17.7 Å². The molecule has 1 fully saturated rings. The smallest absolute Gasteiger partial charge is 0.132 e. The Morgan fingerprint density at radius 3 is 2.67 bits per heavy atom. The average Bonchev–Trinajstić information content (AvgIpc) is 2.15. The zero-order chi connectivity index (χ0) is 11.1. The van der Waals surface area contributed by atoms with Gasteiger partial charge in [-0.15, -0.1) is 0 Å². The molecule has 2 rings (SSSR count). The van der Waals surface area contributed by atoms with Crippen LogP contribution >= 0.6 is 0 Å². The lowest BCUT2D eigenvalue weighted by atomic mass is 9.71. The van der Waals surface area contributed by atoms with Crippen molar-refractivity contribution in [1.29, 1.82) is 0 Å². The molecular formula is C11H14FNO2. The summed E-state index contributed by atoms with van der Waals surface area (Å²) in [6, 6.07) is 4.44. The first kappa shape index (κ1) is 10.4. The van der Waals surface area contributed by atoms with Gasteiger partial charge >= 0.3 is 0 Å². The highest BCUT2D eigenvalue weighted by molar-refractivity contribution is 5.34. The summed E-state index contributed by atoms with van der Waals surface area (Å²) in [5.41, 5.74) is 4.81. The first-order valence-electron chi connectivity index (χ1n) is 4.87. The molecule has 1 saturated carbocycles. The molecule has 0 aliphatic heterocycles. The normalized spacial score (nSPS) is 29.7. The summed E-state index contributed by atoms with van der Waals surface area (Å²) < 4.78 is 18.5. The Bertz CT molecular complexity index is 375. The van der Waals surface area contributed by atoms with Gasteiger partial charge in [-0.1, -0.05) is 0 Å². The average molecular weight is 211 g/mol. The number of benzene rings is 1. The lowest BCUT2D eigenvalue weighted by Gasteiger charge is -2.42. The summed E-state index contributed by atoms with van der Waals surface area (Å²) in [5.74, 6) is 0.00669. The van der Waals surface area contributed by atoms with E-state index in [9.17, 15) is 9.50 Å². The van der Waals surface area contributed by atoms with Gasteiger partial charge in [-0.25, -0.2) is 4.39 Å². The van der Waals surface area contributed by atoms with Crippen molar-refractivity contribution in [2.45, 2.75) is 24.5 Å². The third-order valence-electron chi connectivity index (χ3n) is 2.88. The van der Waals surface area contributed by atoms with E-state index in [4.69, 9.17) is 10.5 Å². The van der Waals surface area contributed by atoms with Gasteiger partial charge in [-0.3, -0.25) is 0 Å². The third-order valence-corrected chi connectivity index (χ3v) is 2.88. The molecule has 0 spiro atoms. The minimum atomic E-state index is -1.09. The Kier molecular flexibility index (Phi) is 2.40. The molecule has 0 radical (unpaired) electrons. The molecule has 3 N–H and O–H groups in total. The third kappa shape index (κ3) is 1.70. The molecule has 0 bridgehead atoms. The number of methoxy groups -OCH3 is 1. The van der Waals surface area contributed by atoms with Gasteiger partial charge in [-0.05, 0) is 25.0 Å². The van der Waals surface area contributed by atoms with E-state index in [0.29, 0.717) is 24.2 Å². The van der Waals surface area contributed by atoms with Crippen LogP contribution in [0.15, 0.2) is 18.2 Å². The molecule has 1 aliphatic rings. The highest BCUT2D eigenvalue weighted by atomic mass is 19.1. The summed E-state index contributed by atoms with van der Waals surface area (Å²) in [6.07, 6.45) is 0.826. The number of nitrogens with two attached hydrogens (primary N) is 1. The second-order valence-corrected chi connectivity index (χ2v) is 4.05. The van der Waals surface area contributed by atoms with Gasteiger partial charge in [0.1, 0.15) is 11.6 Å². The molecule has 82 valence electrons. The van der Waals surface area contributed by atoms with Gasteiger partial charge < -0.3 is 15.6 Å². The van der Waals surface area contributed by atoms with Crippen molar-refractivity contribution in [3.63, 3.8) is 0 Å². The summed E-state index contributed by atoms with van der Waals surface area (Å²) in [5, 5.41) is 10.0. The molecule has 4 heteroatoms. The number of hydrogen-bond donors (Lipinski definition) is 2. The van der Waals surface area contributed by atoms with Gasteiger partial charge in [0.05, 0.1) is 12.7 Å². The van der Waals surface area contributed by atoms with Crippen LogP contribution in [0.2, 0.25) is 0 Å². The van der Waals surface area contributed by atoms with E-state index in [1.54, 1.807) is 12.1 Å². The van der Waals surface area contributed by atoms with E-state index in [1.165, 1.54) is 13.2 Å². The van der Waals surface area contributed by atoms with E-state index >= 15 is 0 Å². The maximum absolute atomic E-state index is 13.6. The molecule has 15 heavy (non-hydrogen) atoms. The van der Waals surface area contributed by atoms with Crippen LogP contribution in [0.25, 0.3) is 0 Å². The van der Waals surface area contributed by atoms with Crippen LogP contribution in [0.3, 0.4) is 0 Å². The van der Waals surface area contributed by atoms with Gasteiger partial charge in [0.25, 0.3) is 0 Å². The molecular weight excluding hydrogens is 197 g/mol. The summed E-state index contributed by atoms with van der Waals surface area (Å²) in [4.78, 5) is 0. The van der Waals surface area contributed by atoms with Crippen molar-refractivity contribution in [3.8, 4) is 5.75 Å². The minimum Gasteiger partial charge on any atom is -0.497 e. The van der Waals surface area contributed by atoms with E-state index in [0.717, 1.165) is 0 Å². The Morgan fingerprint density at radius 1 is 1.53 bits per heavy atom. The molecule has 0 atom stereocenters. The van der Waals surface area contributed by atoms with Crippen LogP contribution in [0, 0.1) is 5.82 Å². The number of ether oxygens (including phenoxy) is 1. The van der Waals surface area contributed by atoms with E-state index < -0.39 is 11.4 Å². The Hall–Kier alpha value is -1.13. The molecule has 0 aromatic heterocycles. The fraction of sp³-hybridized carbons (Fsp3) is 0.455. The predicted octanol–water partition coefficient (Wildman–Crippen LogP) is 1.14.